The van der Waals surface area contributed by atoms with Gasteiger partial charge in [0.25, 0.3) is 5.56 Å². The van der Waals surface area contributed by atoms with E-state index in [1.54, 1.807) is 4.57 Å². The van der Waals surface area contributed by atoms with Crippen LogP contribution in [0.2, 0.25) is 0 Å². The van der Waals surface area contributed by atoms with E-state index in [0.717, 1.165) is 12.1 Å². The number of alkyl carbamates (subject to hydrolysis) is 1. The van der Waals surface area contributed by atoms with E-state index in [-0.39, 0.29) is 23.6 Å². The maximum absolute atomic E-state index is 13.5. The molecule has 1 amide bonds. The molecule has 1 N–H and O–H groups in total. The van der Waals surface area contributed by atoms with Gasteiger partial charge in [0.15, 0.2) is 0 Å². The van der Waals surface area contributed by atoms with Gasteiger partial charge in [0.1, 0.15) is 18.5 Å². The number of rotatable bonds is 7. The summed E-state index contributed by atoms with van der Waals surface area (Å²) in [6.45, 7) is 8.79. The van der Waals surface area contributed by atoms with Crippen molar-refractivity contribution < 1.29 is 14.3 Å². The summed E-state index contributed by atoms with van der Waals surface area (Å²) in [6.07, 6.45) is -0.228. The summed E-state index contributed by atoms with van der Waals surface area (Å²) in [5, 5.41) is 3.46. The molecule has 4 rings (SSSR count). The van der Waals surface area contributed by atoms with E-state index in [0.29, 0.717) is 42.8 Å². The van der Waals surface area contributed by atoms with Gasteiger partial charge in [-0.2, -0.15) is 0 Å². The molecule has 192 valence electrons. The van der Waals surface area contributed by atoms with Gasteiger partial charge in [-0.15, -0.1) is 0 Å². The number of carbonyl (C=O) groups is 1. The monoisotopic (exact) mass is 492 g/mol. The fourth-order valence-corrected chi connectivity index (χ4v) is 4.58. The van der Waals surface area contributed by atoms with Crippen molar-refractivity contribution in [3.63, 3.8) is 0 Å². The Morgan fingerprint density at radius 3 is 2.61 bits per heavy atom. The summed E-state index contributed by atoms with van der Waals surface area (Å²) in [5.41, 5.74) is 1.43. The molecular formula is C28H36N4O4. The van der Waals surface area contributed by atoms with Crippen LogP contribution >= 0.6 is 0 Å². The first-order chi connectivity index (χ1) is 17.2. The molecule has 0 aliphatic carbocycles. The van der Waals surface area contributed by atoms with Gasteiger partial charge in [-0.3, -0.25) is 14.3 Å². The molecule has 2 heterocycles. The number of aromatic nitrogens is 2. The summed E-state index contributed by atoms with van der Waals surface area (Å²) in [6, 6.07) is 17.0. The second-order valence-electron chi connectivity index (χ2n) is 10.6. The lowest BCUT2D eigenvalue weighted by atomic mass is 9.96. The number of hydrogen-bond acceptors (Lipinski definition) is 6. The van der Waals surface area contributed by atoms with Crippen LogP contribution in [0.5, 0.6) is 0 Å². The topological polar surface area (TPSA) is 85.7 Å². The van der Waals surface area contributed by atoms with Crippen LogP contribution in [-0.4, -0.2) is 53.3 Å². The van der Waals surface area contributed by atoms with Crippen LogP contribution in [-0.2, 0) is 22.6 Å². The minimum Gasteiger partial charge on any atom is -0.445 e. The molecule has 2 atom stereocenters. The Morgan fingerprint density at radius 1 is 1.14 bits per heavy atom. The number of nitrogens with one attached hydrogen (secondary N) is 1. The molecule has 2 aromatic carbocycles. The van der Waals surface area contributed by atoms with Crippen LogP contribution in [0.1, 0.15) is 44.7 Å². The number of carbonyl (C=O) groups excluding carboxylic acids is 1. The number of para-hydroxylation sites is 1. The summed E-state index contributed by atoms with van der Waals surface area (Å²) in [5.74, 6) is 0.636. The number of morpholine rings is 1. The Morgan fingerprint density at radius 2 is 1.86 bits per heavy atom. The van der Waals surface area contributed by atoms with Crippen LogP contribution in [0.3, 0.4) is 0 Å². The Kier molecular flexibility index (Phi) is 8.06. The molecule has 36 heavy (non-hydrogen) atoms. The van der Waals surface area contributed by atoms with Crippen molar-refractivity contribution in [3.8, 4) is 0 Å². The van der Waals surface area contributed by atoms with Crippen molar-refractivity contribution in [3.05, 3.63) is 76.3 Å². The molecule has 0 radical (unpaired) electrons. The highest BCUT2D eigenvalue weighted by Gasteiger charge is 2.35. The van der Waals surface area contributed by atoms with Crippen molar-refractivity contribution in [2.75, 3.05) is 26.7 Å². The number of ether oxygens (including phenoxy) is 2. The normalized spacial score (nSPS) is 18.8. The van der Waals surface area contributed by atoms with Crippen LogP contribution in [0, 0.1) is 5.41 Å². The maximum Gasteiger partial charge on any atom is 0.407 e. The lowest BCUT2D eigenvalue weighted by Crippen LogP contribution is -2.48. The van der Waals surface area contributed by atoms with E-state index in [1.807, 2.05) is 61.6 Å². The van der Waals surface area contributed by atoms with Gasteiger partial charge in [-0.1, -0.05) is 63.2 Å². The number of likely N-dealkylation sites (N-methyl/N-ethyl adjacent to an activating group) is 1. The molecule has 1 saturated heterocycles. The molecule has 2 unspecified atom stereocenters. The van der Waals surface area contributed by atoms with Gasteiger partial charge in [-0.25, -0.2) is 9.78 Å². The Balaban J connectivity index is 1.52. The van der Waals surface area contributed by atoms with Gasteiger partial charge in [0, 0.05) is 25.7 Å². The quantitative estimate of drug-likeness (QED) is 0.534. The molecule has 1 aromatic heterocycles. The molecule has 3 aromatic rings. The lowest BCUT2D eigenvalue weighted by Gasteiger charge is -2.40. The van der Waals surface area contributed by atoms with Crippen LogP contribution < -0.4 is 10.9 Å². The first kappa shape index (κ1) is 25.9. The third-order valence-corrected chi connectivity index (χ3v) is 6.36. The van der Waals surface area contributed by atoms with Gasteiger partial charge in [0.2, 0.25) is 0 Å². The fourth-order valence-electron chi connectivity index (χ4n) is 4.58. The lowest BCUT2D eigenvalue weighted by molar-refractivity contribution is -0.0722. The highest BCUT2D eigenvalue weighted by atomic mass is 16.5. The first-order valence-corrected chi connectivity index (χ1v) is 12.5. The van der Waals surface area contributed by atoms with E-state index in [2.05, 4.69) is 31.0 Å². The molecule has 8 heteroatoms. The summed E-state index contributed by atoms with van der Waals surface area (Å²) >= 11 is 0. The van der Waals surface area contributed by atoms with Crippen LogP contribution in [0.25, 0.3) is 10.9 Å². The smallest absolute Gasteiger partial charge is 0.407 e. The van der Waals surface area contributed by atoms with E-state index in [4.69, 9.17) is 14.5 Å². The molecule has 1 aliphatic heterocycles. The van der Waals surface area contributed by atoms with Crippen LogP contribution in [0.15, 0.2) is 59.4 Å². The number of nitrogens with zero attached hydrogens (tertiary/aromatic N) is 3. The number of hydrogen-bond donors (Lipinski definition) is 1. The van der Waals surface area contributed by atoms with Crippen LogP contribution in [0.4, 0.5) is 4.79 Å². The van der Waals surface area contributed by atoms with Crippen molar-refractivity contribution >= 4 is 17.0 Å². The highest BCUT2D eigenvalue weighted by molar-refractivity contribution is 5.77. The van der Waals surface area contributed by atoms with Gasteiger partial charge in [-0.05, 0) is 36.6 Å². The third-order valence-electron chi connectivity index (χ3n) is 6.36. The van der Waals surface area contributed by atoms with Gasteiger partial charge in [0.05, 0.1) is 17.5 Å². The second-order valence-corrected chi connectivity index (χ2v) is 10.6. The van der Waals surface area contributed by atoms with Crippen molar-refractivity contribution in [2.24, 2.45) is 5.41 Å². The van der Waals surface area contributed by atoms with Crippen molar-refractivity contribution in [1.82, 2.24) is 19.8 Å². The minimum atomic E-state index is -0.455. The van der Waals surface area contributed by atoms with Gasteiger partial charge < -0.3 is 14.8 Å². The average molecular weight is 493 g/mol. The van der Waals surface area contributed by atoms with Crippen molar-refractivity contribution in [2.45, 2.75) is 52.5 Å². The van der Waals surface area contributed by atoms with Crippen molar-refractivity contribution in [1.29, 1.82) is 0 Å². The zero-order chi connectivity index (χ0) is 25.7. The fraction of sp³-hybridized carbons (Fsp3) is 0.464. The largest absolute Gasteiger partial charge is 0.445 e. The van der Waals surface area contributed by atoms with E-state index >= 15 is 0 Å². The third kappa shape index (κ3) is 6.30. The maximum atomic E-state index is 13.5. The Bertz CT molecular complexity index is 1240. The first-order valence-electron chi connectivity index (χ1n) is 12.5. The predicted octanol–water partition coefficient (Wildman–Crippen LogP) is 4.13. The Labute approximate surface area is 212 Å². The molecule has 1 aliphatic rings. The zero-order valence-corrected chi connectivity index (χ0v) is 21.6. The van der Waals surface area contributed by atoms with E-state index in [1.165, 1.54) is 0 Å². The SMILES string of the molecule is CN1CCOC(c2nc3ccccc3c(=O)n2CC(C)(C)C)C1CCNC(=O)OCc1ccccc1. The molecule has 8 nitrogen and oxygen atoms in total. The number of amides is 1. The van der Waals surface area contributed by atoms with Gasteiger partial charge >= 0.3 is 6.09 Å². The Hall–Kier alpha value is -3.23. The number of benzene rings is 2. The molecule has 1 fully saturated rings. The summed E-state index contributed by atoms with van der Waals surface area (Å²) in [7, 11) is 2.04. The zero-order valence-electron chi connectivity index (χ0n) is 21.6. The van der Waals surface area contributed by atoms with E-state index in [9.17, 15) is 9.59 Å². The summed E-state index contributed by atoms with van der Waals surface area (Å²) in [4.78, 5) is 32.9. The standard InChI is InChI=1S/C28H36N4O4/c1-28(2,3)19-32-25(30-22-13-9-8-12-21(22)26(32)33)24-23(31(4)16-17-35-24)14-15-29-27(34)36-18-20-10-6-5-7-11-20/h5-13,23-24H,14-19H2,1-4H3,(H,29,34). The van der Waals surface area contributed by atoms with E-state index < -0.39 is 12.2 Å². The number of fused-ring (bicyclic) bond motifs is 1. The molecular weight excluding hydrogens is 456 g/mol. The second kappa shape index (κ2) is 11.2. The average Bonchev–Trinajstić information content (AvgIpc) is 2.85. The highest BCUT2D eigenvalue weighted by Crippen LogP contribution is 2.30. The molecule has 0 saturated carbocycles. The minimum absolute atomic E-state index is 0.0521. The predicted molar refractivity (Wildman–Crippen MR) is 140 cm³/mol. The summed E-state index contributed by atoms with van der Waals surface area (Å²) < 4.78 is 13.4. The molecule has 0 bridgehead atoms. The molecule has 0 spiro atoms.